The van der Waals surface area contributed by atoms with Gasteiger partial charge in [-0.2, -0.15) is 0 Å². The SMILES string of the molecule is CCCCC(Cl)C=O. The van der Waals surface area contributed by atoms with E-state index in [0.717, 1.165) is 25.5 Å². The minimum atomic E-state index is -0.255. The quantitative estimate of drug-likeness (QED) is 0.425. The molecule has 2 heteroatoms. The molecule has 0 saturated heterocycles. The van der Waals surface area contributed by atoms with E-state index in [4.69, 9.17) is 11.6 Å². The van der Waals surface area contributed by atoms with Crippen molar-refractivity contribution in [2.24, 2.45) is 0 Å². The molecule has 48 valence electrons. The smallest absolute Gasteiger partial charge is 0.137 e. The number of aldehydes is 1. The van der Waals surface area contributed by atoms with Gasteiger partial charge in [-0.15, -0.1) is 11.6 Å². The summed E-state index contributed by atoms with van der Waals surface area (Å²) >= 11 is 5.48. The zero-order valence-corrected chi connectivity index (χ0v) is 5.82. The second kappa shape index (κ2) is 5.10. The van der Waals surface area contributed by atoms with Gasteiger partial charge in [-0.3, -0.25) is 0 Å². The molecule has 0 amide bonds. The van der Waals surface area contributed by atoms with Crippen molar-refractivity contribution < 1.29 is 4.79 Å². The van der Waals surface area contributed by atoms with Crippen molar-refractivity contribution in [2.75, 3.05) is 0 Å². The molecule has 0 heterocycles. The highest BCUT2D eigenvalue weighted by atomic mass is 35.5. The van der Waals surface area contributed by atoms with Crippen molar-refractivity contribution in [1.82, 2.24) is 0 Å². The summed E-state index contributed by atoms with van der Waals surface area (Å²) in [6.45, 7) is 2.08. The van der Waals surface area contributed by atoms with E-state index in [2.05, 4.69) is 6.92 Å². The molecule has 0 fully saturated rings. The summed E-state index contributed by atoms with van der Waals surface area (Å²) < 4.78 is 0. The number of unbranched alkanes of at least 4 members (excludes halogenated alkanes) is 1. The number of carbonyl (C=O) groups excluding carboxylic acids is 1. The first-order chi connectivity index (χ1) is 3.81. The van der Waals surface area contributed by atoms with Gasteiger partial charge in [-0.1, -0.05) is 19.8 Å². The third-order valence-electron chi connectivity index (χ3n) is 0.981. The molecule has 1 unspecified atom stereocenters. The number of alkyl halides is 1. The van der Waals surface area contributed by atoms with Crippen LogP contribution >= 0.6 is 11.6 Å². The Morgan fingerprint density at radius 3 is 2.75 bits per heavy atom. The maximum Gasteiger partial charge on any atom is 0.137 e. The van der Waals surface area contributed by atoms with E-state index >= 15 is 0 Å². The summed E-state index contributed by atoms with van der Waals surface area (Å²) in [6, 6.07) is 0. The molecule has 1 nitrogen and oxygen atoms in total. The van der Waals surface area contributed by atoms with Gasteiger partial charge in [-0.05, 0) is 6.42 Å². The lowest BCUT2D eigenvalue weighted by Gasteiger charge is -1.95. The van der Waals surface area contributed by atoms with Crippen LogP contribution < -0.4 is 0 Å². The lowest BCUT2D eigenvalue weighted by molar-refractivity contribution is -0.107. The topological polar surface area (TPSA) is 17.1 Å². The van der Waals surface area contributed by atoms with Gasteiger partial charge in [0.2, 0.25) is 0 Å². The van der Waals surface area contributed by atoms with Crippen LogP contribution in [0.3, 0.4) is 0 Å². The van der Waals surface area contributed by atoms with Crippen LogP contribution in [0.25, 0.3) is 0 Å². The Morgan fingerprint density at radius 1 is 1.75 bits per heavy atom. The van der Waals surface area contributed by atoms with E-state index in [9.17, 15) is 4.79 Å². The predicted octanol–water partition coefficient (Wildman–Crippen LogP) is 1.98. The summed E-state index contributed by atoms with van der Waals surface area (Å²) in [5.41, 5.74) is 0. The summed E-state index contributed by atoms with van der Waals surface area (Å²) in [6.07, 6.45) is 3.77. The minimum absolute atomic E-state index is 0.255. The molecule has 0 rings (SSSR count). The monoisotopic (exact) mass is 134 g/mol. The summed E-state index contributed by atoms with van der Waals surface area (Å²) in [4.78, 5) is 9.88. The van der Waals surface area contributed by atoms with Crippen LogP contribution in [0, 0.1) is 0 Å². The van der Waals surface area contributed by atoms with Gasteiger partial charge in [0.05, 0.1) is 5.38 Å². The second-order valence-electron chi connectivity index (χ2n) is 1.79. The van der Waals surface area contributed by atoms with Crippen LogP contribution in [-0.4, -0.2) is 11.7 Å². The second-order valence-corrected chi connectivity index (χ2v) is 2.35. The molecule has 8 heavy (non-hydrogen) atoms. The summed E-state index contributed by atoms with van der Waals surface area (Å²) in [7, 11) is 0. The first-order valence-electron chi connectivity index (χ1n) is 2.90. The van der Waals surface area contributed by atoms with Gasteiger partial charge in [0, 0.05) is 0 Å². The highest BCUT2D eigenvalue weighted by Gasteiger charge is 1.98. The third kappa shape index (κ3) is 4.13. The Balaban J connectivity index is 2.98. The molecule has 0 N–H and O–H groups in total. The molecule has 0 aromatic heterocycles. The largest absolute Gasteiger partial charge is 0.302 e. The van der Waals surface area contributed by atoms with Crippen molar-refractivity contribution in [2.45, 2.75) is 31.6 Å². The maximum atomic E-state index is 9.88. The number of rotatable bonds is 4. The van der Waals surface area contributed by atoms with Gasteiger partial charge in [0.15, 0.2) is 0 Å². The Labute approximate surface area is 55.0 Å². The zero-order chi connectivity index (χ0) is 6.41. The van der Waals surface area contributed by atoms with Gasteiger partial charge < -0.3 is 4.79 Å². The van der Waals surface area contributed by atoms with Crippen molar-refractivity contribution in [1.29, 1.82) is 0 Å². The predicted molar refractivity (Wildman–Crippen MR) is 35.2 cm³/mol. The van der Waals surface area contributed by atoms with E-state index < -0.39 is 0 Å². The van der Waals surface area contributed by atoms with E-state index in [-0.39, 0.29) is 5.38 Å². The summed E-state index contributed by atoms with van der Waals surface area (Å²) in [5.74, 6) is 0. The van der Waals surface area contributed by atoms with Gasteiger partial charge in [0.25, 0.3) is 0 Å². The number of halogens is 1. The lowest BCUT2D eigenvalue weighted by atomic mass is 10.2. The van der Waals surface area contributed by atoms with E-state index in [0.29, 0.717) is 0 Å². The minimum Gasteiger partial charge on any atom is -0.302 e. The molecule has 1 atom stereocenters. The van der Waals surface area contributed by atoms with E-state index in [1.165, 1.54) is 0 Å². The van der Waals surface area contributed by atoms with Crippen LogP contribution in [0.15, 0.2) is 0 Å². The average Bonchev–Trinajstić information content (AvgIpc) is 1.83. The van der Waals surface area contributed by atoms with E-state index in [1.807, 2.05) is 0 Å². The van der Waals surface area contributed by atoms with Gasteiger partial charge in [0.1, 0.15) is 6.29 Å². The maximum absolute atomic E-state index is 9.88. The molecule has 0 aliphatic heterocycles. The Hall–Kier alpha value is -0.0400. The molecule has 0 bridgehead atoms. The number of hydrogen-bond acceptors (Lipinski definition) is 1. The molecular formula is C6H11ClO. The van der Waals surface area contributed by atoms with Gasteiger partial charge in [-0.25, -0.2) is 0 Å². The molecule has 0 saturated carbocycles. The molecule has 0 spiro atoms. The van der Waals surface area contributed by atoms with Crippen LogP contribution in [0.1, 0.15) is 26.2 Å². The lowest BCUT2D eigenvalue weighted by Crippen LogP contribution is -1.97. The normalized spacial score (nSPS) is 13.2. The van der Waals surface area contributed by atoms with Gasteiger partial charge >= 0.3 is 0 Å². The zero-order valence-electron chi connectivity index (χ0n) is 5.06. The Kier molecular flexibility index (Phi) is 5.08. The molecule has 0 radical (unpaired) electrons. The molecule has 0 aliphatic carbocycles. The fraction of sp³-hybridized carbons (Fsp3) is 0.833. The van der Waals surface area contributed by atoms with Crippen molar-refractivity contribution in [3.05, 3.63) is 0 Å². The molecule has 0 aromatic rings. The fourth-order valence-corrected chi connectivity index (χ4v) is 0.621. The molecular weight excluding hydrogens is 124 g/mol. The highest BCUT2D eigenvalue weighted by molar-refractivity contribution is 6.27. The van der Waals surface area contributed by atoms with Crippen molar-refractivity contribution in [3.63, 3.8) is 0 Å². The van der Waals surface area contributed by atoms with E-state index in [1.54, 1.807) is 0 Å². The average molecular weight is 135 g/mol. The first-order valence-corrected chi connectivity index (χ1v) is 3.34. The van der Waals surface area contributed by atoms with Crippen LogP contribution in [0.5, 0.6) is 0 Å². The summed E-state index contributed by atoms with van der Waals surface area (Å²) in [5, 5.41) is -0.255. The Bertz CT molecular complexity index is 63.5. The fourth-order valence-electron chi connectivity index (χ4n) is 0.467. The first kappa shape index (κ1) is 7.96. The molecule has 0 aliphatic rings. The van der Waals surface area contributed by atoms with Crippen molar-refractivity contribution in [3.8, 4) is 0 Å². The number of carbonyl (C=O) groups is 1. The van der Waals surface area contributed by atoms with Crippen molar-refractivity contribution >= 4 is 17.9 Å². The van der Waals surface area contributed by atoms with Crippen LogP contribution in [-0.2, 0) is 4.79 Å². The van der Waals surface area contributed by atoms with Crippen LogP contribution in [0.2, 0.25) is 0 Å². The molecule has 0 aromatic carbocycles. The highest BCUT2D eigenvalue weighted by Crippen LogP contribution is 2.03. The Morgan fingerprint density at radius 2 is 2.38 bits per heavy atom. The third-order valence-corrected chi connectivity index (χ3v) is 1.30. The standard InChI is InChI=1S/C6H11ClO/c1-2-3-4-6(7)5-8/h5-6H,2-4H2,1H3. The number of hydrogen-bond donors (Lipinski definition) is 0. The van der Waals surface area contributed by atoms with Crippen LogP contribution in [0.4, 0.5) is 0 Å².